The van der Waals surface area contributed by atoms with E-state index in [1.807, 2.05) is 18.7 Å². The van der Waals surface area contributed by atoms with Gasteiger partial charge in [-0.05, 0) is 60.7 Å². The molecule has 1 saturated heterocycles. The van der Waals surface area contributed by atoms with E-state index in [-0.39, 0.29) is 34.6 Å². The van der Waals surface area contributed by atoms with Crippen molar-refractivity contribution in [1.29, 1.82) is 0 Å². The molecule has 4 aromatic rings. The van der Waals surface area contributed by atoms with Crippen molar-refractivity contribution in [2.45, 2.75) is 45.3 Å². The van der Waals surface area contributed by atoms with Crippen molar-refractivity contribution < 1.29 is 23.7 Å². The maximum Gasteiger partial charge on any atom is 0.318 e. The summed E-state index contributed by atoms with van der Waals surface area (Å²) in [4.78, 5) is 15.0. The van der Waals surface area contributed by atoms with Crippen LogP contribution in [0.4, 0.5) is 14.6 Å². The number of anilines is 1. The molecule has 0 aliphatic carbocycles. The van der Waals surface area contributed by atoms with E-state index in [1.54, 1.807) is 6.07 Å². The zero-order valence-corrected chi connectivity index (χ0v) is 19.7. The van der Waals surface area contributed by atoms with Crippen molar-refractivity contribution in [3.05, 3.63) is 47.7 Å². The van der Waals surface area contributed by atoms with Crippen molar-refractivity contribution in [3.63, 3.8) is 0 Å². The Kier molecular flexibility index (Phi) is 5.88. The van der Waals surface area contributed by atoms with Crippen LogP contribution < -0.4 is 9.64 Å². The number of hydrogen-bond donors (Lipinski definition) is 2. The molecule has 9 heteroatoms. The number of phenols is 1. The number of rotatable bonds is 4. The Labute approximate surface area is 201 Å². The summed E-state index contributed by atoms with van der Waals surface area (Å²) in [5, 5.41) is 22.0. The maximum absolute atomic E-state index is 16.1. The number of fused-ring (bicyclic) bond motifs is 2. The Bertz CT molecular complexity index is 1450. The third-order valence-electron chi connectivity index (χ3n) is 6.72. The number of aromatic nitrogens is 3. The van der Waals surface area contributed by atoms with Crippen molar-refractivity contribution in [2.75, 3.05) is 18.6 Å². The lowest BCUT2D eigenvalue weighted by molar-refractivity contribution is 0.144. The fraction of sp³-hybridized carbons (Fsp3) is 0.346. The molecule has 182 valence electrons. The van der Waals surface area contributed by atoms with E-state index in [4.69, 9.17) is 4.74 Å². The first-order chi connectivity index (χ1) is 16.8. The van der Waals surface area contributed by atoms with Gasteiger partial charge < -0.3 is 19.8 Å². The predicted octanol–water partition coefficient (Wildman–Crippen LogP) is 4.75. The second kappa shape index (κ2) is 8.88. The molecule has 0 amide bonds. The minimum absolute atomic E-state index is 0.00458. The number of aryl methyl sites for hydroxylation is 1. The summed E-state index contributed by atoms with van der Waals surface area (Å²) in [5.41, 5.74) is 0.625. The molecule has 1 aliphatic heterocycles. The fourth-order valence-electron chi connectivity index (χ4n) is 4.93. The van der Waals surface area contributed by atoms with E-state index >= 15 is 4.39 Å². The molecule has 5 rings (SSSR count). The number of methoxy groups -OCH3 is 1. The first-order valence-corrected chi connectivity index (χ1v) is 11.6. The van der Waals surface area contributed by atoms with Gasteiger partial charge in [0.05, 0.1) is 18.6 Å². The van der Waals surface area contributed by atoms with Gasteiger partial charge in [-0.1, -0.05) is 13.0 Å². The normalized spacial score (nSPS) is 18.4. The highest BCUT2D eigenvalue weighted by Crippen LogP contribution is 2.39. The summed E-state index contributed by atoms with van der Waals surface area (Å²) in [7, 11) is 1.40. The topological polar surface area (TPSA) is 91.6 Å². The standard InChI is InChI=1S/C26H26F2N4O3/c1-4-17-20(27)8-6-14-9-16(34)10-18(21(14)17)23-22(28)24-19(11-29-23)25(31-26(30-24)35-3)32-12-15(33)7-5-13(32)2/h6,8-11,13,15,33-34H,4-5,7,12H2,1-3H3/t13-,15?/m1/s1. The predicted molar refractivity (Wildman–Crippen MR) is 130 cm³/mol. The average Bonchev–Trinajstić information content (AvgIpc) is 2.85. The number of pyridine rings is 1. The Hall–Kier alpha value is -3.59. The lowest BCUT2D eigenvalue weighted by atomic mass is 9.94. The van der Waals surface area contributed by atoms with Crippen LogP contribution in [0.2, 0.25) is 0 Å². The lowest BCUT2D eigenvalue weighted by Gasteiger charge is -2.37. The highest BCUT2D eigenvalue weighted by molar-refractivity contribution is 6.01. The Morgan fingerprint density at radius 3 is 2.71 bits per heavy atom. The molecule has 3 heterocycles. The monoisotopic (exact) mass is 480 g/mol. The summed E-state index contributed by atoms with van der Waals surface area (Å²) < 4.78 is 36.1. The molecule has 2 aromatic heterocycles. The van der Waals surface area contributed by atoms with E-state index < -0.39 is 17.7 Å². The van der Waals surface area contributed by atoms with E-state index in [1.165, 1.54) is 31.5 Å². The maximum atomic E-state index is 16.1. The smallest absolute Gasteiger partial charge is 0.318 e. The average molecular weight is 481 g/mol. The van der Waals surface area contributed by atoms with Crippen LogP contribution in [-0.2, 0) is 6.42 Å². The SMILES string of the molecule is CCc1c(F)ccc2cc(O)cc(-c3ncc4c(N5CC(O)CC[C@H]5C)nc(OC)nc4c3F)c12. The summed E-state index contributed by atoms with van der Waals surface area (Å²) in [6.45, 7) is 4.18. The molecule has 0 bridgehead atoms. The number of hydrogen-bond acceptors (Lipinski definition) is 7. The second-order valence-electron chi connectivity index (χ2n) is 8.92. The molecular weight excluding hydrogens is 454 g/mol. The van der Waals surface area contributed by atoms with Crippen LogP contribution in [0.15, 0.2) is 30.5 Å². The van der Waals surface area contributed by atoms with Gasteiger partial charge in [0.2, 0.25) is 0 Å². The number of phenolic OH excluding ortho intramolecular Hbond substituents is 1. The number of nitrogens with zero attached hydrogens (tertiary/aromatic N) is 4. The number of ether oxygens (including phenoxy) is 1. The van der Waals surface area contributed by atoms with Crippen molar-refractivity contribution in [1.82, 2.24) is 15.0 Å². The number of β-amino-alcohol motifs (C(OH)–C–C–N with tert-alkyl or cyclic N) is 1. The van der Waals surface area contributed by atoms with Crippen LogP contribution in [-0.4, -0.2) is 51.0 Å². The van der Waals surface area contributed by atoms with E-state index in [0.717, 1.165) is 6.42 Å². The molecule has 1 aliphatic rings. The van der Waals surface area contributed by atoms with Gasteiger partial charge in [-0.25, -0.2) is 8.78 Å². The minimum atomic E-state index is -0.729. The number of piperidine rings is 1. The lowest BCUT2D eigenvalue weighted by Crippen LogP contribution is -2.44. The van der Waals surface area contributed by atoms with Crippen molar-refractivity contribution >= 4 is 27.5 Å². The number of aliphatic hydroxyl groups is 1. The number of halogens is 2. The Balaban J connectivity index is 1.79. The van der Waals surface area contributed by atoms with Gasteiger partial charge in [-0.2, -0.15) is 9.97 Å². The van der Waals surface area contributed by atoms with Crippen LogP contribution in [0.1, 0.15) is 32.3 Å². The van der Waals surface area contributed by atoms with E-state index in [9.17, 15) is 14.6 Å². The van der Waals surface area contributed by atoms with Crippen molar-refractivity contribution in [3.8, 4) is 23.0 Å². The molecule has 0 saturated carbocycles. The highest BCUT2D eigenvalue weighted by atomic mass is 19.1. The Morgan fingerprint density at radius 2 is 1.97 bits per heavy atom. The Morgan fingerprint density at radius 1 is 1.17 bits per heavy atom. The van der Waals surface area contributed by atoms with Crippen LogP contribution in [0.25, 0.3) is 32.9 Å². The third-order valence-corrected chi connectivity index (χ3v) is 6.72. The first-order valence-electron chi connectivity index (χ1n) is 11.6. The van der Waals surface area contributed by atoms with Crippen LogP contribution in [0, 0.1) is 11.6 Å². The molecule has 2 aromatic carbocycles. The molecule has 7 nitrogen and oxygen atoms in total. The molecule has 0 radical (unpaired) electrons. The van der Waals surface area contributed by atoms with Gasteiger partial charge in [0.1, 0.15) is 28.6 Å². The number of aliphatic hydroxyl groups excluding tert-OH is 1. The summed E-state index contributed by atoms with van der Waals surface area (Å²) in [6.07, 6.45) is 2.77. The highest BCUT2D eigenvalue weighted by Gasteiger charge is 2.29. The minimum Gasteiger partial charge on any atom is -0.508 e. The van der Waals surface area contributed by atoms with E-state index in [2.05, 4.69) is 15.0 Å². The number of benzene rings is 2. The number of aromatic hydroxyl groups is 1. The van der Waals surface area contributed by atoms with Gasteiger partial charge in [0.15, 0.2) is 5.82 Å². The summed E-state index contributed by atoms with van der Waals surface area (Å²) in [5.74, 6) is -0.790. The third kappa shape index (κ3) is 3.89. The van der Waals surface area contributed by atoms with Gasteiger partial charge in [0, 0.05) is 24.3 Å². The van der Waals surface area contributed by atoms with Gasteiger partial charge in [-0.15, -0.1) is 0 Å². The van der Waals surface area contributed by atoms with Crippen LogP contribution in [0.5, 0.6) is 11.8 Å². The first kappa shape index (κ1) is 23.2. The van der Waals surface area contributed by atoms with E-state index in [0.29, 0.717) is 46.9 Å². The zero-order valence-electron chi connectivity index (χ0n) is 19.7. The van der Waals surface area contributed by atoms with Crippen molar-refractivity contribution in [2.24, 2.45) is 0 Å². The van der Waals surface area contributed by atoms with Crippen LogP contribution >= 0.6 is 0 Å². The van der Waals surface area contributed by atoms with Gasteiger partial charge in [-0.3, -0.25) is 4.98 Å². The quantitative estimate of drug-likeness (QED) is 0.436. The molecule has 1 fully saturated rings. The molecule has 1 unspecified atom stereocenters. The van der Waals surface area contributed by atoms with Crippen LogP contribution in [0.3, 0.4) is 0 Å². The van der Waals surface area contributed by atoms with Gasteiger partial charge >= 0.3 is 6.01 Å². The largest absolute Gasteiger partial charge is 0.508 e. The zero-order chi connectivity index (χ0) is 24.9. The van der Waals surface area contributed by atoms with Gasteiger partial charge in [0.25, 0.3) is 0 Å². The molecule has 35 heavy (non-hydrogen) atoms. The molecule has 2 atom stereocenters. The fourth-order valence-corrected chi connectivity index (χ4v) is 4.93. The molecular formula is C26H26F2N4O3. The molecule has 2 N–H and O–H groups in total. The second-order valence-corrected chi connectivity index (χ2v) is 8.92. The molecule has 0 spiro atoms. The summed E-state index contributed by atoms with van der Waals surface area (Å²) in [6, 6.07) is 5.85. The summed E-state index contributed by atoms with van der Waals surface area (Å²) >= 11 is 0.